The summed E-state index contributed by atoms with van der Waals surface area (Å²) in [5.41, 5.74) is 1.19. The summed E-state index contributed by atoms with van der Waals surface area (Å²) in [6, 6.07) is 5.27. The van der Waals surface area contributed by atoms with Gasteiger partial charge in [0.15, 0.2) is 0 Å². The Bertz CT molecular complexity index is 996. The summed E-state index contributed by atoms with van der Waals surface area (Å²) < 4.78 is 5.50. The van der Waals surface area contributed by atoms with Crippen molar-refractivity contribution in [3.05, 3.63) is 34.2 Å². The fourth-order valence-electron chi connectivity index (χ4n) is 5.73. The fraction of sp³-hybridized carbons (Fsp3) is 0.565. The van der Waals surface area contributed by atoms with Gasteiger partial charge < -0.3 is 14.4 Å². The molecule has 154 valence electrons. The number of hydrogen-bond donors (Lipinski definition) is 1. The van der Waals surface area contributed by atoms with Crippen LogP contribution in [-0.2, 0) is 11.2 Å². The van der Waals surface area contributed by atoms with Crippen LogP contribution in [0.4, 0.5) is 5.69 Å². The molecule has 3 heterocycles. The van der Waals surface area contributed by atoms with E-state index in [2.05, 4.69) is 4.90 Å². The molecule has 1 saturated heterocycles. The molecule has 2 atom stereocenters. The highest BCUT2D eigenvalue weighted by Gasteiger charge is 2.36. The third-order valence-electron chi connectivity index (χ3n) is 7.05. The van der Waals surface area contributed by atoms with Crippen molar-refractivity contribution in [1.29, 1.82) is 0 Å². The molecule has 6 nitrogen and oxygen atoms in total. The zero-order valence-electron chi connectivity index (χ0n) is 16.7. The van der Waals surface area contributed by atoms with Gasteiger partial charge in [-0.25, -0.2) is 4.79 Å². The number of piperidine rings is 1. The summed E-state index contributed by atoms with van der Waals surface area (Å²) in [5.74, 6) is 0.841. The Morgan fingerprint density at radius 2 is 1.93 bits per heavy atom. The normalized spacial score (nSPS) is 24.9. The quantitative estimate of drug-likeness (QED) is 0.788. The number of fused-ring (bicyclic) bond motifs is 4. The van der Waals surface area contributed by atoms with Gasteiger partial charge in [-0.15, -0.1) is 0 Å². The van der Waals surface area contributed by atoms with Gasteiger partial charge >= 0.3 is 5.63 Å². The van der Waals surface area contributed by atoms with E-state index in [0.717, 1.165) is 36.3 Å². The molecule has 0 bridgehead atoms. The van der Waals surface area contributed by atoms with Crippen molar-refractivity contribution in [1.82, 2.24) is 4.90 Å². The third kappa shape index (κ3) is 3.33. The van der Waals surface area contributed by atoms with Crippen LogP contribution in [0.3, 0.4) is 0 Å². The number of amides is 1. The van der Waals surface area contributed by atoms with Gasteiger partial charge in [-0.2, -0.15) is 0 Å². The fourth-order valence-corrected chi connectivity index (χ4v) is 5.73. The predicted octanol–water partition coefficient (Wildman–Crippen LogP) is 3.43. The number of phenolic OH excluding ortho intramolecular Hbond substituents is 1. The van der Waals surface area contributed by atoms with E-state index in [4.69, 9.17) is 4.42 Å². The molecule has 5 rings (SSSR count). The molecule has 2 aliphatic heterocycles. The van der Waals surface area contributed by atoms with Crippen molar-refractivity contribution >= 4 is 22.6 Å². The molecule has 1 aromatic carbocycles. The molecule has 1 aromatic heterocycles. The van der Waals surface area contributed by atoms with E-state index in [1.165, 1.54) is 38.2 Å². The molecule has 2 unspecified atom stereocenters. The molecule has 1 saturated carbocycles. The number of rotatable bonds is 2. The second kappa shape index (κ2) is 7.48. The monoisotopic (exact) mass is 396 g/mol. The Morgan fingerprint density at radius 1 is 1.10 bits per heavy atom. The molecule has 29 heavy (non-hydrogen) atoms. The molecule has 1 N–H and O–H groups in total. The summed E-state index contributed by atoms with van der Waals surface area (Å²) in [4.78, 5) is 30.1. The highest BCUT2D eigenvalue weighted by molar-refractivity contribution is 5.98. The lowest BCUT2D eigenvalue weighted by Gasteiger charge is -2.44. The molecule has 1 aliphatic carbocycles. The molecular formula is C23H28N2O4. The number of phenols is 1. The zero-order chi connectivity index (χ0) is 20.0. The van der Waals surface area contributed by atoms with Crippen LogP contribution in [0.25, 0.3) is 11.0 Å². The van der Waals surface area contributed by atoms with Gasteiger partial charge in [-0.05, 0) is 74.8 Å². The number of aryl methyl sites for hydroxylation is 1. The largest absolute Gasteiger partial charge is 0.508 e. The molecule has 1 amide bonds. The number of nitrogens with zero attached hydrogens (tertiary/aromatic N) is 2. The molecule has 6 heteroatoms. The van der Waals surface area contributed by atoms with E-state index in [1.54, 1.807) is 17.0 Å². The van der Waals surface area contributed by atoms with Gasteiger partial charge in [0, 0.05) is 18.0 Å². The lowest BCUT2D eigenvalue weighted by Crippen LogP contribution is -2.52. The summed E-state index contributed by atoms with van der Waals surface area (Å²) in [5, 5.41) is 10.6. The Labute approximate surface area is 170 Å². The van der Waals surface area contributed by atoms with Crippen LogP contribution >= 0.6 is 0 Å². The van der Waals surface area contributed by atoms with E-state index in [-0.39, 0.29) is 11.7 Å². The summed E-state index contributed by atoms with van der Waals surface area (Å²) in [7, 11) is 0. The maximum atomic E-state index is 13.3. The van der Waals surface area contributed by atoms with Crippen LogP contribution in [-0.4, -0.2) is 41.6 Å². The average molecular weight is 396 g/mol. The van der Waals surface area contributed by atoms with Crippen LogP contribution in [0.2, 0.25) is 0 Å². The van der Waals surface area contributed by atoms with Crippen molar-refractivity contribution in [2.75, 3.05) is 24.5 Å². The summed E-state index contributed by atoms with van der Waals surface area (Å²) in [6.07, 6.45) is 8.96. The standard InChI is InChI=1S/C23H28N2O4/c26-16-9-10-20-18(13-16)17-7-4-12-25(22(17)23(28)29-20)21(27)14-24-11-3-6-15-5-1-2-8-19(15)24/h9-10,13,15,19,26H,1-8,11-12,14H2. The van der Waals surface area contributed by atoms with Gasteiger partial charge in [-0.1, -0.05) is 12.8 Å². The first-order chi connectivity index (χ1) is 14.1. The average Bonchev–Trinajstić information content (AvgIpc) is 2.74. The molecule has 3 aliphatic rings. The first kappa shape index (κ1) is 18.7. The number of carbonyl (C=O) groups is 1. The maximum Gasteiger partial charge on any atom is 0.360 e. The Kier molecular flexibility index (Phi) is 4.82. The first-order valence-corrected chi connectivity index (χ1v) is 10.9. The maximum absolute atomic E-state index is 13.3. The van der Waals surface area contributed by atoms with Crippen molar-refractivity contribution in [3.8, 4) is 5.75 Å². The third-order valence-corrected chi connectivity index (χ3v) is 7.05. The zero-order valence-corrected chi connectivity index (χ0v) is 16.7. The molecular weight excluding hydrogens is 368 g/mol. The summed E-state index contributed by atoms with van der Waals surface area (Å²) in [6.45, 7) is 1.88. The van der Waals surface area contributed by atoms with Crippen molar-refractivity contribution in [2.24, 2.45) is 5.92 Å². The molecule has 2 aromatic rings. The van der Waals surface area contributed by atoms with Gasteiger partial charge in [0.25, 0.3) is 0 Å². The number of carbonyl (C=O) groups excluding carboxylic acids is 1. The van der Waals surface area contributed by atoms with Crippen molar-refractivity contribution in [2.45, 2.75) is 57.4 Å². The second-order valence-electron chi connectivity index (χ2n) is 8.77. The van der Waals surface area contributed by atoms with Crippen LogP contribution in [0.5, 0.6) is 5.75 Å². The van der Waals surface area contributed by atoms with E-state index in [9.17, 15) is 14.7 Å². The van der Waals surface area contributed by atoms with E-state index < -0.39 is 5.63 Å². The van der Waals surface area contributed by atoms with Crippen LogP contribution < -0.4 is 10.5 Å². The number of hydrogen-bond acceptors (Lipinski definition) is 5. The smallest absolute Gasteiger partial charge is 0.360 e. The lowest BCUT2D eigenvalue weighted by molar-refractivity contribution is -0.121. The van der Waals surface area contributed by atoms with Gasteiger partial charge in [-0.3, -0.25) is 9.69 Å². The Hall–Kier alpha value is -2.34. The van der Waals surface area contributed by atoms with Gasteiger partial charge in [0.05, 0.1) is 6.54 Å². The first-order valence-electron chi connectivity index (χ1n) is 10.9. The molecule has 2 fully saturated rings. The Morgan fingerprint density at radius 3 is 2.83 bits per heavy atom. The topological polar surface area (TPSA) is 74.0 Å². The molecule has 0 radical (unpaired) electrons. The van der Waals surface area contributed by atoms with Crippen LogP contribution in [0.15, 0.2) is 27.4 Å². The Balaban J connectivity index is 1.45. The number of likely N-dealkylation sites (tertiary alicyclic amines) is 1. The molecule has 0 spiro atoms. The van der Waals surface area contributed by atoms with E-state index in [0.29, 0.717) is 36.8 Å². The number of benzene rings is 1. The van der Waals surface area contributed by atoms with Crippen LogP contribution in [0, 0.1) is 5.92 Å². The van der Waals surface area contributed by atoms with E-state index >= 15 is 0 Å². The second-order valence-corrected chi connectivity index (χ2v) is 8.77. The summed E-state index contributed by atoms with van der Waals surface area (Å²) >= 11 is 0. The van der Waals surface area contributed by atoms with Crippen LogP contribution in [0.1, 0.15) is 50.5 Å². The van der Waals surface area contributed by atoms with Gasteiger partial charge in [0.2, 0.25) is 5.91 Å². The minimum Gasteiger partial charge on any atom is -0.508 e. The number of anilines is 1. The van der Waals surface area contributed by atoms with Crippen molar-refractivity contribution < 1.29 is 14.3 Å². The minimum atomic E-state index is -0.458. The van der Waals surface area contributed by atoms with Gasteiger partial charge in [0.1, 0.15) is 17.0 Å². The minimum absolute atomic E-state index is 0.0102. The number of aromatic hydroxyl groups is 1. The highest BCUT2D eigenvalue weighted by atomic mass is 16.4. The predicted molar refractivity (Wildman–Crippen MR) is 111 cm³/mol. The lowest BCUT2D eigenvalue weighted by atomic mass is 9.78. The van der Waals surface area contributed by atoms with E-state index in [1.807, 2.05) is 0 Å². The highest BCUT2D eigenvalue weighted by Crippen LogP contribution is 2.36. The SMILES string of the molecule is O=C(CN1CCCC2CCCCC21)N1CCCc2c1c(=O)oc1ccc(O)cc21. The van der Waals surface area contributed by atoms with Crippen molar-refractivity contribution in [3.63, 3.8) is 0 Å².